The van der Waals surface area contributed by atoms with Gasteiger partial charge in [-0.2, -0.15) is 0 Å². The van der Waals surface area contributed by atoms with Gasteiger partial charge in [-0.1, -0.05) is 25.6 Å². The van der Waals surface area contributed by atoms with Crippen molar-refractivity contribution in [3.8, 4) is 11.1 Å². The Morgan fingerprint density at radius 2 is 1.89 bits per heavy atom. The third-order valence-corrected chi connectivity index (χ3v) is 6.32. The van der Waals surface area contributed by atoms with E-state index in [9.17, 15) is 9.59 Å². The molecule has 1 amide bonds. The molecule has 3 aromatic rings. The molecule has 0 aliphatic carbocycles. The monoisotopic (exact) mass is 524 g/mol. The molecule has 4 N–H and O–H groups in total. The molecule has 0 radical (unpaired) electrons. The van der Waals surface area contributed by atoms with Gasteiger partial charge >= 0.3 is 5.97 Å². The predicted molar refractivity (Wildman–Crippen MR) is 144 cm³/mol. The van der Waals surface area contributed by atoms with Gasteiger partial charge in [0.1, 0.15) is 18.9 Å². The van der Waals surface area contributed by atoms with E-state index in [0.29, 0.717) is 11.1 Å². The average Bonchev–Trinajstić information content (AvgIpc) is 3.29. The Bertz CT molecular complexity index is 1220. The number of anilines is 2. The number of amides is 1. The Labute approximate surface area is 220 Å². The second kappa shape index (κ2) is 12.9. The molecule has 3 heterocycles. The number of nitrogens with one attached hydrogen (secondary N) is 2. The number of nitrogens with two attached hydrogens (primary N) is 1. The van der Waals surface area contributed by atoms with E-state index in [2.05, 4.69) is 30.1 Å². The van der Waals surface area contributed by atoms with Crippen LogP contribution in [0.5, 0.6) is 0 Å². The molecule has 1 saturated heterocycles. The second-order valence-electron chi connectivity index (χ2n) is 8.42. The van der Waals surface area contributed by atoms with Crippen LogP contribution in [0.25, 0.3) is 11.1 Å². The van der Waals surface area contributed by atoms with E-state index in [1.807, 2.05) is 29.6 Å². The van der Waals surface area contributed by atoms with Crippen LogP contribution in [0.15, 0.2) is 42.0 Å². The summed E-state index contributed by atoms with van der Waals surface area (Å²) >= 11 is 1.44. The number of amidine groups is 1. The van der Waals surface area contributed by atoms with Gasteiger partial charge in [0, 0.05) is 63.0 Å². The van der Waals surface area contributed by atoms with Crippen molar-refractivity contribution in [1.82, 2.24) is 19.9 Å². The maximum absolute atomic E-state index is 11.6. The van der Waals surface area contributed by atoms with Crippen molar-refractivity contribution < 1.29 is 14.3 Å². The van der Waals surface area contributed by atoms with Crippen molar-refractivity contribution in [2.24, 2.45) is 5.73 Å². The first-order chi connectivity index (χ1) is 17.4. The van der Waals surface area contributed by atoms with Gasteiger partial charge in [-0.15, -0.1) is 11.3 Å². The normalized spacial score (nSPS) is 13.5. The highest BCUT2D eigenvalue weighted by Crippen LogP contribution is 2.22. The highest BCUT2D eigenvalue weighted by molar-refractivity contribution is 7.13. The molecule has 4 rings (SSSR count). The third-order valence-electron chi connectivity index (χ3n) is 5.51. The average molecular weight is 525 g/mol. The molecule has 1 aliphatic heterocycles. The van der Waals surface area contributed by atoms with Gasteiger partial charge in [-0.05, 0) is 17.2 Å². The fourth-order valence-corrected chi connectivity index (χ4v) is 4.51. The number of rotatable bonds is 9. The van der Waals surface area contributed by atoms with E-state index in [-0.39, 0.29) is 32.2 Å². The summed E-state index contributed by atoms with van der Waals surface area (Å²) in [5, 5.41) is 12.5. The van der Waals surface area contributed by atoms with E-state index in [4.69, 9.17) is 15.9 Å². The number of hydrogen-bond donors (Lipinski definition) is 3. The number of esters is 1. The predicted octanol–water partition coefficient (Wildman–Crippen LogP) is 2.89. The lowest BCUT2D eigenvalue weighted by Crippen LogP contribution is -2.46. The zero-order chi connectivity index (χ0) is 25.5. The van der Waals surface area contributed by atoms with Crippen molar-refractivity contribution in [2.45, 2.75) is 33.9 Å². The first-order valence-corrected chi connectivity index (χ1v) is 12.3. The van der Waals surface area contributed by atoms with Crippen LogP contribution in [-0.4, -0.2) is 63.7 Å². The quantitative estimate of drug-likeness (QED) is 0.218. The Morgan fingerprint density at radius 1 is 1.16 bits per heavy atom. The van der Waals surface area contributed by atoms with Crippen LogP contribution in [0.2, 0.25) is 0 Å². The van der Waals surface area contributed by atoms with Gasteiger partial charge in [0.05, 0.1) is 5.69 Å². The van der Waals surface area contributed by atoms with E-state index >= 15 is 0 Å². The number of carbonyl (C=O) groups is 2. The van der Waals surface area contributed by atoms with Crippen LogP contribution in [0.3, 0.4) is 0 Å². The topological polar surface area (TPSA) is 150 Å². The number of benzene rings is 1. The van der Waals surface area contributed by atoms with Crippen LogP contribution >= 0.6 is 11.3 Å². The summed E-state index contributed by atoms with van der Waals surface area (Å²) in [5.41, 5.74) is 8.80. The summed E-state index contributed by atoms with van der Waals surface area (Å²) in [6.45, 7) is 5.67. The molecule has 11 nitrogen and oxygen atoms in total. The van der Waals surface area contributed by atoms with Gasteiger partial charge in [0.2, 0.25) is 11.9 Å². The van der Waals surface area contributed by atoms with Gasteiger partial charge in [0.25, 0.3) is 0 Å². The van der Waals surface area contributed by atoms with Crippen LogP contribution in [0.4, 0.5) is 11.1 Å². The molecule has 1 fully saturated rings. The highest BCUT2D eigenvalue weighted by atomic mass is 32.1. The summed E-state index contributed by atoms with van der Waals surface area (Å²) in [7, 11) is 0. The number of piperazine rings is 1. The SMILES string of the molecule is C.CC(=O)Nc1nc(CN2CCN(c3ncc(-c4cccc(COC(=O)CC(=N)N)c4)cn3)CC2)cs1. The minimum absolute atomic E-state index is 0. The van der Waals surface area contributed by atoms with Crippen molar-refractivity contribution in [3.63, 3.8) is 0 Å². The number of aromatic nitrogens is 3. The lowest BCUT2D eigenvalue weighted by atomic mass is 10.1. The smallest absolute Gasteiger partial charge is 0.313 e. The molecule has 0 spiro atoms. The molecular formula is C25H32N8O3S. The molecular weight excluding hydrogens is 492 g/mol. The number of carbonyl (C=O) groups excluding carboxylic acids is 2. The second-order valence-corrected chi connectivity index (χ2v) is 9.28. The molecule has 1 aromatic carbocycles. The minimum atomic E-state index is -0.526. The van der Waals surface area contributed by atoms with E-state index in [1.165, 1.54) is 18.3 Å². The molecule has 0 atom stereocenters. The summed E-state index contributed by atoms with van der Waals surface area (Å²) in [6.07, 6.45) is 3.39. The fraction of sp³-hybridized carbons (Fsp3) is 0.360. The first kappa shape index (κ1) is 27.7. The van der Waals surface area contributed by atoms with Gasteiger partial charge < -0.3 is 20.7 Å². The maximum atomic E-state index is 11.6. The Hall–Kier alpha value is -3.90. The lowest BCUT2D eigenvalue weighted by molar-refractivity contribution is -0.143. The molecule has 0 bridgehead atoms. The molecule has 0 unspecified atom stereocenters. The molecule has 12 heteroatoms. The van der Waals surface area contributed by atoms with Crippen molar-refractivity contribution in [3.05, 3.63) is 53.3 Å². The van der Waals surface area contributed by atoms with Crippen LogP contribution in [-0.2, 0) is 27.5 Å². The zero-order valence-corrected chi connectivity index (χ0v) is 20.8. The van der Waals surface area contributed by atoms with E-state index < -0.39 is 5.97 Å². The number of ether oxygens (including phenoxy) is 1. The summed E-state index contributed by atoms with van der Waals surface area (Å²) in [6, 6.07) is 7.63. The number of thiazole rings is 1. The van der Waals surface area contributed by atoms with Crippen molar-refractivity contribution in [1.29, 1.82) is 5.41 Å². The Kier molecular flexibility index (Phi) is 9.64. The van der Waals surface area contributed by atoms with E-state index in [0.717, 1.165) is 55.1 Å². The zero-order valence-electron chi connectivity index (χ0n) is 19.9. The molecule has 196 valence electrons. The summed E-state index contributed by atoms with van der Waals surface area (Å²) in [5.74, 6) is -0.171. The largest absolute Gasteiger partial charge is 0.460 e. The summed E-state index contributed by atoms with van der Waals surface area (Å²) < 4.78 is 5.17. The molecule has 1 aliphatic rings. The van der Waals surface area contributed by atoms with Crippen molar-refractivity contribution >= 4 is 40.1 Å². The van der Waals surface area contributed by atoms with Crippen molar-refractivity contribution in [2.75, 3.05) is 36.4 Å². The standard InChI is InChI=1S/C24H28N8O3S.CH4/c1-16(33)29-24-30-20(15-36-24)13-31-5-7-32(8-6-31)23-27-11-19(12-28-23)18-4-2-3-17(9-18)14-35-22(34)10-21(25)26;/h2-4,9,11-12,15H,5-8,10,13-14H2,1H3,(H3,25,26)(H,29,30,33);1H4. The Balaban J connectivity index is 0.00000380. The summed E-state index contributed by atoms with van der Waals surface area (Å²) in [4.78, 5) is 40.9. The van der Waals surface area contributed by atoms with Crippen LogP contribution in [0, 0.1) is 5.41 Å². The molecule has 2 aromatic heterocycles. The van der Waals surface area contributed by atoms with Gasteiger partial charge in [-0.3, -0.25) is 19.9 Å². The number of nitrogens with zero attached hydrogens (tertiary/aromatic N) is 5. The van der Waals surface area contributed by atoms with Crippen LogP contribution in [0.1, 0.15) is 32.0 Å². The highest BCUT2D eigenvalue weighted by Gasteiger charge is 2.20. The lowest BCUT2D eigenvalue weighted by Gasteiger charge is -2.34. The Morgan fingerprint density at radius 3 is 2.57 bits per heavy atom. The molecule has 37 heavy (non-hydrogen) atoms. The fourth-order valence-electron chi connectivity index (χ4n) is 3.77. The van der Waals surface area contributed by atoms with Gasteiger partial charge in [-0.25, -0.2) is 15.0 Å². The third kappa shape index (κ3) is 8.05. The number of hydrogen-bond acceptors (Lipinski definition) is 10. The van der Waals surface area contributed by atoms with E-state index in [1.54, 1.807) is 12.4 Å². The maximum Gasteiger partial charge on any atom is 0.313 e. The van der Waals surface area contributed by atoms with Gasteiger partial charge in [0.15, 0.2) is 5.13 Å². The first-order valence-electron chi connectivity index (χ1n) is 11.4. The van der Waals surface area contributed by atoms with Crippen LogP contribution < -0.4 is 16.0 Å². The molecule has 0 saturated carbocycles. The minimum Gasteiger partial charge on any atom is -0.460 e.